The lowest BCUT2D eigenvalue weighted by molar-refractivity contribution is 0.432. The van der Waals surface area contributed by atoms with Gasteiger partial charge in [0.25, 0.3) is 0 Å². The summed E-state index contributed by atoms with van der Waals surface area (Å²) in [6.45, 7) is 6.92. The van der Waals surface area contributed by atoms with E-state index in [-0.39, 0.29) is 5.41 Å². The van der Waals surface area contributed by atoms with Gasteiger partial charge in [-0.3, -0.25) is 0 Å². The van der Waals surface area contributed by atoms with E-state index in [1.807, 2.05) is 12.1 Å². The van der Waals surface area contributed by atoms with Crippen molar-refractivity contribution in [3.8, 4) is 11.4 Å². The standard InChI is InChI=1S/C22H24N4/c1-15(13-16-6-8-18(9-7-16)21-23-25-26-24-21)19-11-10-17-5-4-12-22(2,3)20(17)14-19/h6-11,13-14H,4-5,12H2,1-3H3,(H,23,24,25,26). The Labute approximate surface area is 154 Å². The minimum Gasteiger partial charge on any atom is -0.177 e. The summed E-state index contributed by atoms with van der Waals surface area (Å²) in [6.07, 6.45) is 6.00. The van der Waals surface area contributed by atoms with Gasteiger partial charge in [0, 0.05) is 5.56 Å². The van der Waals surface area contributed by atoms with Crippen LogP contribution in [0.1, 0.15) is 55.9 Å². The third-order valence-electron chi connectivity index (χ3n) is 5.44. The largest absolute Gasteiger partial charge is 0.204 e. The summed E-state index contributed by atoms with van der Waals surface area (Å²) in [5, 5.41) is 14.1. The van der Waals surface area contributed by atoms with Crippen LogP contribution in [0.2, 0.25) is 0 Å². The molecule has 0 bridgehead atoms. The molecule has 0 fully saturated rings. The van der Waals surface area contributed by atoms with Gasteiger partial charge in [-0.15, -0.1) is 10.2 Å². The third kappa shape index (κ3) is 3.19. The topological polar surface area (TPSA) is 54.5 Å². The Morgan fingerprint density at radius 3 is 2.65 bits per heavy atom. The molecule has 0 saturated carbocycles. The zero-order valence-electron chi connectivity index (χ0n) is 15.6. The molecule has 1 heterocycles. The lowest BCUT2D eigenvalue weighted by Crippen LogP contribution is -2.23. The van der Waals surface area contributed by atoms with Crippen LogP contribution in [0.3, 0.4) is 0 Å². The van der Waals surface area contributed by atoms with Gasteiger partial charge in [0.15, 0.2) is 0 Å². The molecule has 0 amide bonds. The van der Waals surface area contributed by atoms with Gasteiger partial charge in [-0.25, -0.2) is 0 Å². The molecule has 0 radical (unpaired) electrons. The molecule has 26 heavy (non-hydrogen) atoms. The van der Waals surface area contributed by atoms with E-state index in [1.165, 1.54) is 47.1 Å². The van der Waals surface area contributed by atoms with Crippen molar-refractivity contribution in [2.45, 2.75) is 45.4 Å². The minimum absolute atomic E-state index is 0.274. The van der Waals surface area contributed by atoms with Crippen LogP contribution in [-0.4, -0.2) is 20.6 Å². The number of hydrogen-bond donors (Lipinski definition) is 1. The molecule has 0 atom stereocenters. The molecule has 4 nitrogen and oxygen atoms in total. The number of rotatable bonds is 3. The van der Waals surface area contributed by atoms with Gasteiger partial charge in [-0.1, -0.05) is 62.4 Å². The van der Waals surface area contributed by atoms with Crippen molar-refractivity contribution < 1.29 is 0 Å². The van der Waals surface area contributed by atoms with Crippen LogP contribution in [-0.2, 0) is 11.8 Å². The molecule has 4 rings (SSSR count). The molecule has 132 valence electrons. The average Bonchev–Trinajstić information content (AvgIpc) is 3.16. The monoisotopic (exact) mass is 344 g/mol. The SMILES string of the molecule is CC(=Cc1ccc(-c2nn[nH]n2)cc1)c1ccc2c(c1)C(C)(C)CCC2. The van der Waals surface area contributed by atoms with E-state index in [0.717, 1.165) is 5.56 Å². The van der Waals surface area contributed by atoms with Crippen LogP contribution in [0.4, 0.5) is 0 Å². The van der Waals surface area contributed by atoms with Crippen molar-refractivity contribution >= 4 is 11.6 Å². The number of tetrazole rings is 1. The molecule has 3 aromatic rings. The molecule has 1 aliphatic carbocycles. The fourth-order valence-corrected chi connectivity index (χ4v) is 3.87. The van der Waals surface area contributed by atoms with Gasteiger partial charge in [0.05, 0.1) is 0 Å². The van der Waals surface area contributed by atoms with E-state index in [4.69, 9.17) is 0 Å². The van der Waals surface area contributed by atoms with Gasteiger partial charge in [0.2, 0.25) is 5.82 Å². The second kappa shape index (κ2) is 6.52. The van der Waals surface area contributed by atoms with Crippen molar-refractivity contribution in [1.29, 1.82) is 0 Å². The van der Waals surface area contributed by atoms with Gasteiger partial charge in [0.1, 0.15) is 0 Å². The highest BCUT2D eigenvalue weighted by molar-refractivity contribution is 5.81. The van der Waals surface area contributed by atoms with Crippen molar-refractivity contribution in [2.24, 2.45) is 0 Å². The van der Waals surface area contributed by atoms with Crippen molar-refractivity contribution in [3.05, 3.63) is 64.7 Å². The predicted octanol–water partition coefficient (Wildman–Crippen LogP) is 5.04. The number of allylic oxidation sites excluding steroid dienone is 1. The first-order valence-electron chi connectivity index (χ1n) is 9.19. The number of aromatic amines is 1. The molecule has 1 aromatic heterocycles. The molecule has 0 unspecified atom stereocenters. The van der Waals surface area contributed by atoms with Crippen molar-refractivity contribution in [1.82, 2.24) is 20.6 Å². The zero-order chi connectivity index (χ0) is 18.1. The Bertz CT molecular complexity index is 935. The number of aryl methyl sites for hydroxylation is 1. The summed E-state index contributed by atoms with van der Waals surface area (Å²) in [5.74, 6) is 0.620. The Morgan fingerprint density at radius 1 is 1.12 bits per heavy atom. The molecular formula is C22H24N4. The van der Waals surface area contributed by atoms with Gasteiger partial charge >= 0.3 is 0 Å². The number of hydrogen-bond acceptors (Lipinski definition) is 3. The first-order chi connectivity index (χ1) is 12.5. The second-order valence-corrected chi connectivity index (χ2v) is 7.79. The minimum atomic E-state index is 0.274. The number of H-pyrrole nitrogens is 1. The maximum Gasteiger partial charge on any atom is 0.204 e. The smallest absolute Gasteiger partial charge is 0.177 e. The molecule has 0 aliphatic heterocycles. The van der Waals surface area contributed by atoms with Gasteiger partial charge in [-0.2, -0.15) is 5.21 Å². The molecule has 4 heteroatoms. The summed E-state index contributed by atoms with van der Waals surface area (Å²) < 4.78 is 0. The second-order valence-electron chi connectivity index (χ2n) is 7.79. The van der Waals surface area contributed by atoms with Crippen LogP contribution in [0.15, 0.2) is 42.5 Å². The summed E-state index contributed by atoms with van der Waals surface area (Å²) in [5.41, 5.74) is 8.03. The quantitative estimate of drug-likeness (QED) is 0.677. The average molecular weight is 344 g/mol. The number of benzene rings is 2. The fourth-order valence-electron chi connectivity index (χ4n) is 3.87. The highest BCUT2D eigenvalue weighted by Gasteiger charge is 2.27. The first kappa shape index (κ1) is 16.7. The number of nitrogens with one attached hydrogen (secondary N) is 1. The number of nitrogens with zero attached hydrogens (tertiary/aromatic N) is 3. The van der Waals surface area contributed by atoms with E-state index in [9.17, 15) is 0 Å². The van der Waals surface area contributed by atoms with E-state index < -0.39 is 0 Å². The van der Waals surface area contributed by atoms with Crippen molar-refractivity contribution in [3.63, 3.8) is 0 Å². The first-order valence-corrected chi connectivity index (χ1v) is 9.19. The van der Waals surface area contributed by atoms with Gasteiger partial charge in [-0.05, 0) is 64.6 Å². The van der Waals surface area contributed by atoms with E-state index in [1.54, 1.807) is 0 Å². The molecule has 0 spiro atoms. The molecule has 2 aromatic carbocycles. The molecule has 1 aliphatic rings. The summed E-state index contributed by atoms with van der Waals surface area (Å²) in [6, 6.07) is 15.2. The van der Waals surface area contributed by atoms with E-state index in [2.05, 4.69) is 77.8 Å². The summed E-state index contributed by atoms with van der Waals surface area (Å²) >= 11 is 0. The normalized spacial score (nSPS) is 16.3. The van der Waals surface area contributed by atoms with Crippen LogP contribution in [0, 0.1) is 0 Å². The Morgan fingerprint density at radius 2 is 1.92 bits per heavy atom. The summed E-state index contributed by atoms with van der Waals surface area (Å²) in [4.78, 5) is 0. The Balaban J connectivity index is 1.62. The predicted molar refractivity (Wildman–Crippen MR) is 106 cm³/mol. The number of fused-ring (bicyclic) bond motifs is 1. The molecule has 1 N–H and O–H groups in total. The highest BCUT2D eigenvalue weighted by Crippen LogP contribution is 2.38. The van der Waals surface area contributed by atoms with Crippen molar-refractivity contribution in [2.75, 3.05) is 0 Å². The fraction of sp³-hybridized carbons (Fsp3) is 0.318. The third-order valence-corrected chi connectivity index (χ3v) is 5.44. The van der Waals surface area contributed by atoms with E-state index in [0.29, 0.717) is 5.82 Å². The molecule has 0 saturated heterocycles. The highest BCUT2D eigenvalue weighted by atomic mass is 15.5. The zero-order valence-corrected chi connectivity index (χ0v) is 15.6. The summed E-state index contributed by atoms with van der Waals surface area (Å²) in [7, 11) is 0. The van der Waals surface area contributed by atoms with E-state index >= 15 is 0 Å². The lowest BCUT2D eigenvalue weighted by atomic mass is 9.72. The Kier molecular flexibility index (Phi) is 4.19. The van der Waals surface area contributed by atoms with Gasteiger partial charge < -0.3 is 0 Å². The van der Waals surface area contributed by atoms with Crippen LogP contribution >= 0.6 is 0 Å². The number of aromatic nitrogens is 4. The Hall–Kier alpha value is -2.75. The maximum atomic E-state index is 4.02. The molecular weight excluding hydrogens is 320 g/mol. The van der Waals surface area contributed by atoms with Crippen LogP contribution < -0.4 is 0 Å². The van der Waals surface area contributed by atoms with Crippen LogP contribution in [0.25, 0.3) is 23.0 Å². The maximum absolute atomic E-state index is 4.02. The lowest BCUT2D eigenvalue weighted by Gasteiger charge is -2.33. The van der Waals surface area contributed by atoms with Crippen LogP contribution in [0.5, 0.6) is 0 Å².